The summed E-state index contributed by atoms with van der Waals surface area (Å²) in [7, 11) is 5.17. The van der Waals surface area contributed by atoms with Crippen LogP contribution in [0.4, 0.5) is 5.69 Å². The van der Waals surface area contributed by atoms with Crippen molar-refractivity contribution in [2.45, 2.75) is 19.9 Å². The summed E-state index contributed by atoms with van der Waals surface area (Å²) in [4.78, 5) is 32.3. The highest BCUT2D eigenvalue weighted by molar-refractivity contribution is 7.21. The third-order valence-electron chi connectivity index (χ3n) is 4.87. The minimum atomic E-state index is -0.425. The Morgan fingerprint density at radius 3 is 2.45 bits per heavy atom. The highest BCUT2D eigenvalue weighted by Gasteiger charge is 2.21. The van der Waals surface area contributed by atoms with E-state index in [1.807, 2.05) is 30.3 Å². The smallest absolute Gasteiger partial charge is 0.241 e. The highest BCUT2D eigenvalue weighted by atomic mass is 32.1. The fraction of sp³-hybridized carbons (Fsp3) is 0.318. The lowest BCUT2D eigenvalue weighted by atomic mass is 10.2. The van der Waals surface area contributed by atoms with E-state index in [0.717, 1.165) is 21.8 Å². The van der Waals surface area contributed by atoms with Crippen LogP contribution >= 0.6 is 11.3 Å². The average molecular weight is 411 g/mol. The SMILES string of the molecule is Cc1ccc2nc(-c3ccc(NC(=O)[C@H](C)N(C)CC(=O)N(C)C)cc3)sc2c1. The van der Waals surface area contributed by atoms with E-state index < -0.39 is 6.04 Å². The van der Waals surface area contributed by atoms with Gasteiger partial charge in [0.1, 0.15) is 5.01 Å². The number of aryl methyl sites for hydroxylation is 1. The van der Waals surface area contributed by atoms with E-state index in [1.165, 1.54) is 15.2 Å². The third-order valence-corrected chi connectivity index (χ3v) is 5.93. The highest BCUT2D eigenvalue weighted by Crippen LogP contribution is 2.31. The van der Waals surface area contributed by atoms with Crippen LogP contribution in [0, 0.1) is 6.92 Å². The van der Waals surface area contributed by atoms with E-state index in [1.54, 1.807) is 44.3 Å². The molecule has 0 fully saturated rings. The third kappa shape index (κ3) is 4.99. The molecule has 1 aromatic heterocycles. The summed E-state index contributed by atoms with van der Waals surface area (Å²) in [6.45, 7) is 4.05. The van der Waals surface area contributed by atoms with Gasteiger partial charge in [-0.25, -0.2) is 4.98 Å². The number of hydrogen-bond acceptors (Lipinski definition) is 5. The molecule has 1 N–H and O–H groups in total. The Bertz CT molecular complexity index is 1030. The quantitative estimate of drug-likeness (QED) is 0.674. The molecule has 0 saturated heterocycles. The summed E-state index contributed by atoms with van der Waals surface area (Å²) in [5.74, 6) is -0.190. The second-order valence-corrected chi connectivity index (χ2v) is 8.47. The van der Waals surface area contributed by atoms with Crippen molar-refractivity contribution in [3.8, 4) is 10.6 Å². The van der Waals surface area contributed by atoms with Gasteiger partial charge >= 0.3 is 0 Å². The van der Waals surface area contributed by atoms with Gasteiger partial charge < -0.3 is 10.2 Å². The Labute approximate surface area is 175 Å². The molecule has 0 spiro atoms. The van der Waals surface area contributed by atoms with E-state index in [0.29, 0.717) is 0 Å². The standard InChI is InChI=1S/C22H26N4O2S/c1-14-6-11-18-19(12-14)29-22(24-18)16-7-9-17(10-8-16)23-21(28)15(2)26(5)13-20(27)25(3)4/h6-12,15H,13H2,1-5H3,(H,23,28)/t15-/m0/s1. The molecule has 0 aliphatic carbocycles. The zero-order valence-electron chi connectivity index (χ0n) is 17.4. The molecule has 1 heterocycles. The largest absolute Gasteiger partial charge is 0.348 e. The maximum Gasteiger partial charge on any atom is 0.241 e. The van der Waals surface area contributed by atoms with Gasteiger partial charge in [0.25, 0.3) is 0 Å². The van der Waals surface area contributed by atoms with E-state index >= 15 is 0 Å². The minimum absolute atomic E-state index is 0.0393. The van der Waals surface area contributed by atoms with Gasteiger partial charge in [0, 0.05) is 25.3 Å². The number of likely N-dealkylation sites (N-methyl/N-ethyl adjacent to an activating group) is 2. The van der Waals surface area contributed by atoms with Gasteiger partial charge in [0.2, 0.25) is 11.8 Å². The molecule has 0 bridgehead atoms. The van der Waals surface area contributed by atoms with Crippen LogP contribution in [-0.2, 0) is 9.59 Å². The molecule has 1 atom stereocenters. The number of nitrogens with one attached hydrogen (secondary N) is 1. The molecule has 0 unspecified atom stereocenters. The van der Waals surface area contributed by atoms with Crippen LogP contribution in [0.2, 0.25) is 0 Å². The molecule has 6 nitrogen and oxygen atoms in total. The van der Waals surface area contributed by atoms with Gasteiger partial charge in [0.05, 0.1) is 22.8 Å². The van der Waals surface area contributed by atoms with Crippen molar-refractivity contribution in [2.24, 2.45) is 0 Å². The van der Waals surface area contributed by atoms with Crippen LogP contribution < -0.4 is 5.32 Å². The minimum Gasteiger partial charge on any atom is -0.348 e. The van der Waals surface area contributed by atoms with Gasteiger partial charge in [-0.05, 0) is 62.9 Å². The van der Waals surface area contributed by atoms with Gasteiger partial charge in [0.15, 0.2) is 0 Å². The Kier molecular flexibility index (Phi) is 6.30. The molecule has 0 aliphatic heterocycles. The van der Waals surface area contributed by atoms with Crippen molar-refractivity contribution in [2.75, 3.05) is 33.0 Å². The first-order valence-corrected chi connectivity index (χ1v) is 10.2. The molecule has 29 heavy (non-hydrogen) atoms. The number of rotatable bonds is 6. The van der Waals surface area contributed by atoms with Crippen molar-refractivity contribution in [1.29, 1.82) is 0 Å². The number of aromatic nitrogens is 1. The average Bonchev–Trinajstić information content (AvgIpc) is 3.10. The van der Waals surface area contributed by atoms with Crippen LogP contribution in [0.25, 0.3) is 20.8 Å². The zero-order valence-corrected chi connectivity index (χ0v) is 18.2. The van der Waals surface area contributed by atoms with E-state index in [9.17, 15) is 9.59 Å². The van der Waals surface area contributed by atoms with Gasteiger partial charge in [-0.3, -0.25) is 14.5 Å². The summed E-state index contributed by atoms with van der Waals surface area (Å²) < 4.78 is 1.17. The number of anilines is 1. The first-order chi connectivity index (χ1) is 13.7. The fourth-order valence-electron chi connectivity index (χ4n) is 2.79. The van der Waals surface area contributed by atoms with Gasteiger partial charge in [-0.15, -0.1) is 11.3 Å². The number of hydrogen-bond donors (Lipinski definition) is 1. The molecule has 152 valence electrons. The molecule has 7 heteroatoms. The van der Waals surface area contributed by atoms with Crippen LogP contribution in [0.1, 0.15) is 12.5 Å². The molecule has 2 aromatic carbocycles. The molecular formula is C22H26N4O2S. The van der Waals surface area contributed by atoms with Crippen LogP contribution in [0.5, 0.6) is 0 Å². The number of thiazole rings is 1. The monoisotopic (exact) mass is 410 g/mol. The number of carbonyl (C=O) groups is 2. The first-order valence-electron chi connectivity index (χ1n) is 9.43. The number of benzene rings is 2. The maximum atomic E-state index is 12.5. The Morgan fingerprint density at radius 1 is 1.10 bits per heavy atom. The second-order valence-electron chi connectivity index (χ2n) is 7.44. The number of nitrogens with zero attached hydrogens (tertiary/aromatic N) is 3. The normalized spacial score (nSPS) is 12.2. The van der Waals surface area contributed by atoms with Crippen molar-refractivity contribution in [1.82, 2.24) is 14.8 Å². The second kappa shape index (κ2) is 8.71. The Balaban J connectivity index is 1.66. The summed E-state index contributed by atoms with van der Waals surface area (Å²) in [6.07, 6.45) is 0. The van der Waals surface area contributed by atoms with Gasteiger partial charge in [-0.1, -0.05) is 6.07 Å². The van der Waals surface area contributed by atoms with E-state index in [-0.39, 0.29) is 18.4 Å². The predicted octanol–water partition coefficient (Wildman–Crippen LogP) is 3.62. The number of fused-ring (bicyclic) bond motifs is 1. The molecule has 3 aromatic rings. The van der Waals surface area contributed by atoms with Crippen molar-refractivity contribution < 1.29 is 9.59 Å². The first kappa shape index (κ1) is 21.0. The molecule has 0 radical (unpaired) electrons. The van der Waals surface area contributed by atoms with E-state index in [2.05, 4.69) is 24.4 Å². The Hall–Kier alpha value is -2.77. The molecule has 3 rings (SSSR count). The lowest BCUT2D eigenvalue weighted by molar-refractivity contribution is -0.131. The van der Waals surface area contributed by atoms with Crippen molar-refractivity contribution >= 4 is 39.1 Å². The maximum absolute atomic E-state index is 12.5. The lowest BCUT2D eigenvalue weighted by Crippen LogP contribution is -2.44. The molecule has 0 saturated carbocycles. The van der Waals surface area contributed by atoms with Gasteiger partial charge in [-0.2, -0.15) is 0 Å². The summed E-state index contributed by atoms with van der Waals surface area (Å²) in [5, 5.41) is 3.87. The van der Waals surface area contributed by atoms with Crippen LogP contribution in [0.15, 0.2) is 42.5 Å². The number of amides is 2. The summed E-state index contributed by atoms with van der Waals surface area (Å²) in [6, 6.07) is 13.5. The topological polar surface area (TPSA) is 65.5 Å². The molecule has 2 amide bonds. The lowest BCUT2D eigenvalue weighted by Gasteiger charge is -2.24. The molecular weight excluding hydrogens is 384 g/mol. The Morgan fingerprint density at radius 2 is 1.79 bits per heavy atom. The van der Waals surface area contributed by atoms with Crippen molar-refractivity contribution in [3.63, 3.8) is 0 Å². The summed E-state index contributed by atoms with van der Waals surface area (Å²) >= 11 is 1.66. The van der Waals surface area contributed by atoms with Crippen molar-refractivity contribution in [3.05, 3.63) is 48.0 Å². The zero-order chi connectivity index (χ0) is 21.1. The van der Waals surface area contributed by atoms with E-state index in [4.69, 9.17) is 4.98 Å². The van der Waals surface area contributed by atoms with Crippen LogP contribution in [0.3, 0.4) is 0 Å². The van der Waals surface area contributed by atoms with Crippen LogP contribution in [-0.4, -0.2) is 60.3 Å². The number of carbonyl (C=O) groups excluding carboxylic acids is 2. The summed E-state index contributed by atoms with van der Waals surface area (Å²) in [5.41, 5.74) is 3.95. The predicted molar refractivity (Wildman–Crippen MR) is 119 cm³/mol. The fourth-order valence-corrected chi connectivity index (χ4v) is 3.86. The molecule has 0 aliphatic rings.